The molecule has 1 aliphatic heterocycles. The van der Waals surface area contributed by atoms with Crippen LogP contribution < -0.4 is 0 Å². The lowest BCUT2D eigenvalue weighted by Gasteiger charge is -2.21. The maximum absolute atomic E-state index is 5.86. The van der Waals surface area contributed by atoms with Gasteiger partial charge in [-0.05, 0) is 47.1 Å². The lowest BCUT2D eigenvalue weighted by Crippen LogP contribution is -2.25. The SMILES string of the molecule is CSc1cccc(-c2cccc(C3=N[C@@H](C(C)(C)C)CO3)c2)c1. The van der Waals surface area contributed by atoms with E-state index in [0.717, 1.165) is 11.5 Å². The van der Waals surface area contributed by atoms with Crippen LogP contribution in [0.15, 0.2) is 58.4 Å². The van der Waals surface area contributed by atoms with Gasteiger partial charge in [-0.3, -0.25) is 0 Å². The van der Waals surface area contributed by atoms with Gasteiger partial charge in [0, 0.05) is 10.5 Å². The lowest BCUT2D eigenvalue weighted by atomic mass is 9.88. The van der Waals surface area contributed by atoms with Crippen molar-refractivity contribution < 1.29 is 4.74 Å². The van der Waals surface area contributed by atoms with Gasteiger partial charge in [-0.15, -0.1) is 11.8 Å². The van der Waals surface area contributed by atoms with Crippen LogP contribution >= 0.6 is 11.8 Å². The molecule has 2 aromatic carbocycles. The van der Waals surface area contributed by atoms with E-state index in [1.165, 1.54) is 16.0 Å². The molecule has 0 spiro atoms. The second kappa shape index (κ2) is 6.40. The molecular formula is C20H23NOS. The summed E-state index contributed by atoms with van der Waals surface area (Å²) in [6.45, 7) is 7.29. The maximum atomic E-state index is 5.86. The standard InChI is InChI=1S/C20H23NOS/c1-20(2,3)18-13-22-19(21-18)16-9-5-7-14(11-16)15-8-6-10-17(12-15)23-4/h5-12,18H,13H2,1-4H3/t18-/m1/s1. The Balaban J connectivity index is 1.92. The Morgan fingerprint density at radius 2 is 1.65 bits per heavy atom. The highest BCUT2D eigenvalue weighted by molar-refractivity contribution is 7.98. The predicted molar refractivity (Wildman–Crippen MR) is 99.4 cm³/mol. The largest absolute Gasteiger partial charge is 0.475 e. The number of hydrogen-bond acceptors (Lipinski definition) is 3. The van der Waals surface area contributed by atoms with Gasteiger partial charge >= 0.3 is 0 Å². The zero-order valence-corrected chi connectivity index (χ0v) is 15.0. The molecule has 0 radical (unpaired) electrons. The Kier molecular flexibility index (Phi) is 4.49. The Labute approximate surface area is 143 Å². The normalized spacial score (nSPS) is 17.7. The zero-order chi connectivity index (χ0) is 16.4. The number of aliphatic imine (C=N–C) groups is 1. The molecule has 3 rings (SSSR count). The molecule has 1 atom stereocenters. The van der Waals surface area contributed by atoms with Gasteiger partial charge in [-0.2, -0.15) is 0 Å². The molecule has 0 fully saturated rings. The molecular weight excluding hydrogens is 302 g/mol. The molecule has 120 valence electrons. The molecule has 0 saturated carbocycles. The molecule has 1 heterocycles. The Morgan fingerprint density at radius 1 is 1.00 bits per heavy atom. The Hall–Kier alpha value is -1.74. The van der Waals surface area contributed by atoms with Crippen molar-refractivity contribution in [3.05, 3.63) is 54.1 Å². The third kappa shape index (κ3) is 3.61. The van der Waals surface area contributed by atoms with Gasteiger partial charge in [0.05, 0.1) is 6.04 Å². The highest BCUT2D eigenvalue weighted by Gasteiger charge is 2.30. The average molecular weight is 325 g/mol. The van der Waals surface area contributed by atoms with E-state index in [-0.39, 0.29) is 11.5 Å². The van der Waals surface area contributed by atoms with Gasteiger partial charge in [-0.1, -0.05) is 45.0 Å². The van der Waals surface area contributed by atoms with Crippen LogP contribution in [0.1, 0.15) is 26.3 Å². The van der Waals surface area contributed by atoms with Gasteiger partial charge < -0.3 is 4.74 Å². The molecule has 0 unspecified atom stereocenters. The van der Waals surface area contributed by atoms with Crippen LogP contribution in [-0.4, -0.2) is 24.8 Å². The average Bonchev–Trinajstić information content (AvgIpc) is 3.05. The quantitative estimate of drug-likeness (QED) is 0.717. The number of ether oxygens (including phenoxy) is 1. The van der Waals surface area contributed by atoms with Crippen molar-refractivity contribution in [1.82, 2.24) is 0 Å². The summed E-state index contributed by atoms with van der Waals surface area (Å²) in [7, 11) is 0. The molecule has 0 aromatic heterocycles. The van der Waals surface area contributed by atoms with E-state index in [2.05, 4.69) is 75.6 Å². The summed E-state index contributed by atoms with van der Waals surface area (Å²) in [4.78, 5) is 6.06. The molecule has 0 aliphatic carbocycles. The van der Waals surface area contributed by atoms with E-state index in [4.69, 9.17) is 9.73 Å². The lowest BCUT2D eigenvalue weighted by molar-refractivity contribution is 0.236. The summed E-state index contributed by atoms with van der Waals surface area (Å²) in [5, 5.41) is 0. The highest BCUT2D eigenvalue weighted by atomic mass is 32.2. The van der Waals surface area contributed by atoms with Crippen LogP contribution in [0.4, 0.5) is 0 Å². The third-order valence-corrected chi connectivity index (χ3v) is 4.89. The first kappa shape index (κ1) is 16.1. The molecule has 2 nitrogen and oxygen atoms in total. The number of hydrogen-bond donors (Lipinski definition) is 0. The molecule has 1 aliphatic rings. The van der Waals surface area contributed by atoms with Gasteiger partial charge in [-0.25, -0.2) is 4.99 Å². The predicted octanol–water partition coefficient (Wildman–Crippen LogP) is 5.27. The van der Waals surface area contributed by atoms with Crippen LogP contribution in [0.5, 0.6) is 0 Å². The topological polar surface area (TPSA) is 21.6 Å². The molecule has 0 amide bonds. The molecule has 0 saturated heterocycles. The van der Waals surface area contributed by atoms with E-state index in [1.54, 1.807) is 11.8 Å². The van der Waals surface area contributed by atoms with Crippen molar-refractivity contribution >= 4 is 17.7 Å². The van der Waals surface area contributed by atoms with Crippen LogP contribution in [-0.2, 0) is 4.74 Å². The first-order valence-corrected chi connectivity index (χ1v) is 9.15. The number of rotatable bonds is 3. The Bertz CT molecular complexity index is 730. The van der Waals surface area contributed by atoms with E-state index >= 15 is 0 Å². The fraction of sp³-hybridized carbons (Fsp3) is 0.350. The summed E-state index contributed by atoms with van der Waals surface area (Å²) >= 11 is 1.76. The summed E-state index contributed by atoms with van der Waals surface area (Å²) in [5.41, 5.74) is 3.61. The fourth-order valence-corrected chi connectivity index (χ4v) is 3.07. The minimum absolute atomic E-state index is 0.131. The Morgan fingerprint density at radius 3 is 2.30 bits per heavy atom. The van der Waals surface area contributed by atoms with Crippen molar-refractivity contribution in [2.75, 3.05) is 12.9 Å². The summed E-state index contributed by atoms with van der Waals surface area (Å²) in [5.74, 6) is 0.771. The van der Waals surface area contributed by atoms with Crippen LogP contribution in [0, 0.1) is 5.41 Å². The van der Waals surface area contributed by atoms with E-state index in [1.807, 2.05) is 0 Å². The number of benzene rings is 2. The third-order valence-electron chi connectivity index (χ3n) is 4.16. The van der Waals surface area contributed by atoms with Gasteiger partial charge in [0.15, 0.2) is 0 Å². The fourth-order valence-electron chi connectivity index (χ4n) is 2.61. The summed E-state index contributed by atoms with van der Waals surface area (Å²) < 4.78 is 5.86. The second-order valence-corrected chi connectivity index (χ2v) is 7.82. The van der Waals surface area contributed by atoms with E-state index in [0.29, 0.717) is 6.61 Å². The highest BCUT2D eigenvalue weighted by Crippen LogP contribution is 2.29. The van der Waals surface area contributed by atoms with Crippen LogP contribution in [0.3, 0.4) is 0 Å². The summed E-state index contributed by atoms with van der Waals surface area (Å²) in [6.07, 6.45) is 2.10. The smallest absolute Gasteiger partial charge is 0.216 e. The second-order valence-electron chi connectivity index (χ2n) is 6.94. The van der Waals surface area contributed by atoms with E-state index < -0.39 is 0 Å². The van der Waals surface area contributed by atoms with Crippen molar-refractivity contribution in [2.45, 2.75) is 31.7 Å². The molecule has 0 N–H and O–H groups in total. The van der Waals surface area contributed by atoms with Gasteiger partial charge in [0.2, 0.25) is 5.90 Å². The zero-order valence-electron chi connectivity index (χ0n) is 14.2. The van der Waals surface area contributed by atoms with Gasteiger partial charge in [0.1, 0.15) is 6.61 Å². The molecule has 3 heteroatoms. The minimum Gasteiger partial charge on any atom is -0.475 e. The van der Waals surface area contributed by atoms with Crippen molar-refractivity contribution in [2.24, 2.45) is 10.4 Å². The molecule has 23 heavy (non-hydrogen) atoms. The first-order valence-electron chi connectivity index (χ1n) is 7.93. The van der Waals surface area contributed by atoms with Gasteiger partial charge in [0.25, 0.3) is 0 Å². The maximum Gasteiger partial charge on any atom is 0.216 e. The molecule has 2 aromatic rings. The minimum atomic E-state index is 0.131. The van der Waals surface area contributed by atoms with Crippen LogP contribution in [0.25, 0.3) is 11.1 Å². The number of nitrogens with zero attached hydrogens (tertiary/aromatic N) is 1. The van der Waals surface area contributed by atoms with Crippen molar-refractivity contribution in [1.29, 1.82) is 0 Å². The first-order chi connectivity index (χ1) is 11.0. The van der Waals surface area contributed by atoms with Crippen molar-refractivity contribution in [3.8, 4) is 11.1 Å². The number of thioether (sulfide) groups is 1. The van der Waals surface area contributed by atoms with Crippen LogP contribution in [0.2, 0.25) is 0 Å². The summed E-state index contributed by atoms with van der Waals surface area (Å²) in [6, 6.07) is 17.3. The molecule has 0 bridgehead atoms. The monoisotopic (exact) mass is 325 g/mol. The van der Waals surface area contributed by atoms with E-state index in [9.17, 15) is 0 Å². The van der Waals surface area contributed by atoms with Crippen molar-refractivity contribution in [3.63, 3.8) is 0 Å².